The first-order valence-corrected chi connectivity index (χ1v) is 5.40. The molecule has 0 saturated heterocycles. The molecule has 0 spiro atoms. The largest absolute Gasteiger partial charge is 0.382 e. The lowest BCUT2D eigenvalue weighted by atomic mass is 10.1. The number of hydrogen-bond donors (Lipinski definition) is 2. The van der Waals surface area contributed by atoms with E-state index in [4.69, 9.17) is 5.73 Å². The molecule has 3 rings (SSSR count). The Labute approximate surface area is 98.2 Å². The number of aryl methyl sites for hydroxylation is 2. The maximum atomic E-state index is 5.60. The van der Waals surface area contributed by atoms with Crippen molar-refractivity contribution < 1.29 is 0 Å². The van der Waals surface area contributed by atoms with Crippen molar-refractivity contribution >= 4 is 16.7 Å². The van der Waals surface area contributed by atoms with Crippen molar-refractivity contribution in [1.29, 1.82) is 0 Å². The molecule has 0 radical (unpaired) electrons. The van der Waals surface area contributed by atoms with Gasteiger partial charge in [0.25, 0.3) is 0 Å². The Kier molecular flexibility index (Phi) is 1.95. The predicted octanol–water partition coefficient (Wildman–Crippen LogP) is 1.85. The molecule has 5 heteroatoms. The van der Waals surface area contributed by atoms with E-state index in [9.17, 15) is 0 Å². The molecular weight excluding hydrogens is 214 g/mol. The van der Waals surface area contributed by atoms with Crippen molar-refractivity contribution in [2.24, 2.45) is 7.05 Å². The standard InChI is InChI=1S/C12H13N5/c1-7-9-5-8(10-6-12(13)15-14-10)3-4-11(9)17(2)16-7/h3-6H,1-2H3,(H3,13,14,15). The molecule has 0 fully saturated rings. The van der Waals surface area contributed by atoms with E-state index in [-0.39, 0.29) is 0 Å². The van der Waals surface area contributed by atoms with Crippen molar-refractivity contribution in [3.8, 4) is 11.3 Å². The Morgan fingerprint density at radius 3 is 2.82 bits per heavy atom. The molecule has 3 aromatic rings. The second-order valence-electron chi connectivity index (χ2n) is 4.15. The van der Waals surface area contributed by atoms with Crippen molar-refractivity contribution in [3.05, 3.63) is 30.0 Å². The minimum atomic E-state index is 0.503. The van der Waals surface area contributed by atoms with Crippen molar-refractivity contribution in [3.63, 3.8) is 0 Å². The van der Waals surface area contributed by atoms with Gasteiger partial charge in [0.2, 0.25) is 0 Å². The molecule has 3 N–H and O–H groups in total. The summed E-state index contributed by atoms with van der Waals surface area (Å²) in [5, 5.41) is 12.4. The van der Waals surface area contributed by atoms with Crippen LogP contribution in [0.4, 0.5) is 5.82 Å². The highest BCUT2D eigenvalue weighted by Gasteiger charge is 2.07. The summed E-state index contributed by atoms with van der Waals surface area (Å²) in [5.41, 5.74) is 9.74. The van der Waals surface area contributed by atoms with Crippen LogP contribution in [-0.2, 0) is 7.05 Å². The number of nitrogens with zero attached hydrogens (tertiary/aromatic N) is 3. The summed E-state index contributed by atoms with van der Waals surface area (Å²) < 4.78 is 1.88. The van der Waals surface area contributed by atoms with Gasteiger partial charge in [-0.2, -0.15) is 10.2 Å². The average Bonchev–Trinajstić information content (AvgIpc) is 2.85. The number of hydrogen-bond acceptors (Lipinski definition) is 3. The Morgan fingerprint density at radius 1 is 1.29 bits per heavy atom. The first-order chi connectivity index (χ1) is 8.15. The second-order valence-corrected chi connectivity index (χ2v) is 4.15. The van der Waals surface area contributed by atoms with Crippen LogP contribution in [0, 0.1) is 6.92 Å². The zero-order valence-corrected chi connectivity index (χ0v) is 9.73. The minimum Gasteiger partial charge on any atom is -0.382 e. The summed E-state index contributed by atoms with van der Waals surface area (Å²) in [6.45, 7) is 2.01. The summed E-state index contributed by atoms with van der Waals surface area (Å²) in [4.78, 5) is 0. The number of aromatic nitrogens is 4. The summed E-state index contributed by atoms with van der Waals surface area (Å²) in [5.74, 6) is 0.503. The molecule has 0 saturated carbocycles. The summed E-state index contributed by atoms with van der Waals surface area (Å²) >= 11 is 0. The van der Waals surface area contributed by atoms with E-state index in [1.165, 1.54) is 0 Å². The smallest absolute Gasteiger partial charge is 0.145 e. The Hall–Kier alpha value is -2.30. The zero-order chi connectivity index (χ0) is 12.0. The van der Waals surface area contributed by atoms with Crippen LogP contribution in [0.1, 0.15) is 5.69 Å². The third-order valence-electron chi connectivity index (χ3n) is 2.94. The van der Waals surface area contributed by atoms with Gasteiger partial charge in [-0.15, -0.1) is 0 Å². The first kappa shape index (κ1) is 9.89. The fourth-order valence-corrected chi connectivity index (χ4v) is 2.09. The number of aromatic amines is 1. The number of anilines is 1. The van der Waals surface area contributed by atoms with E-state index in [1.807, 2.05) is 30.8 Å². The molecule has 0 aliphatic rings. The average molecular weight is 227 g/mol. The van der Waals surface area contributed by atoms with Gasteiger partial charge in [0.1, 0.15) is 5.82 Å². The van der Waals surface area contributed by atoms with E-state index in [0.717, 1.165) is 27.9 Å². The molecule has 0 bridgehead atoms. The van der Waals surface area contributed by atoms with Crippen LogP contribution in [0.25, 0.3) is 22.2 Å². The molecule has 1 aromatic carbocycles. The lowest BCUT2D eigenvalue weighted by Gasteiger charge is -1.98. The quantitative estimate of drug-likeness (QED) is 0.666. The van der Waals surface area contributed by atoms with Gasteiger partial charge in [-0.1, -0.05) is 6.07 Å². The fraction of sp³-hybridized carbons (Fsp3) is 0.167. The highest BCUT2D eigenvalue weighted by molar-refractivity contribution is 5.86. The molecule has 2 aromatic heterocycles. The predicted molar refractivity (Wildman–Crippen MR) is 67.4 cm³/mol. The number of nitrogens with two attached hydrogens (primary N) is 1. The second kappa shape index (κ2) is 3.35. The van der Waals surface area contributed by atoms with E-state index >= 15 is 0 Å². The van der Waals surface area contributed by atoms with Crippen LogP contribution in [-0.4, -0.2) is 20.0 Å². The fourth-order valence-electron chi connectivity index (χ4n) is 2.09. The molecule has 86 valence electrons. The van der Waals surface area contributed by atoms with Gasteiger partial charge < -0.3 is 5.73 Å². The minimum absolute atomic E-state index is 0.503. The van der Waals surface area contributed by atoms with Crippen LogP contribution in [0.2, 0.25) is 0 Å². The number of nitrogen functional groups attached to an aromatic ring is 1. The number of rotatable bonds is 1. The lowest BCUT2D eigenvalue weighted by Crippen LogP contribution is -1.89. The monoisotopic (exact) mass is 227 g/mol. The van der Waals surface area contributed by atoms with E-state index in [0.29, 0.717) is 5.82 Å². The zero-order valence-electron chi connectivity index (χ0n) is 9.73. The number of benzene rings is 1. The number of nitrogens with one attached hydrogen (secondary N) is 1. The Morgan fingerprint density at radius 2 is 2.12 bits per heavy atom. The molecule has 0 aliphatic heterocycles. The van der Waals surface area contributed by atoms with Crippen molar-refractivity contribution in [1.82, 2.24) is 20.0 Å². The van der Waals surface area contributed by atoms with Crippen LogP contribution < -0.4 is 5.73 Å². The normalized spacial score (nSPS) is 11.2. The van der Waals surface area contributed by atoms with Crippen molar-refractivity contribution in [2.45, 2.75) is 6.92 Å². The molecule has 5 nitrogen and oxygen atoms in total. The Bertz CT molecular complexity index is 692. The Balaban J connectivity index is 2.22. The molecule has 2 heterocycles. The lowest BCUT2D eigenvalue weighted by molar-refractivity contribution is 0.783. The highest BCUT2D eigenvalue weighted by Crippen LogP contribution is 2.25. The molecule has 0 unspecified atom stereocenters. The van der Waals surface area contributed by atoms with Crippen LogP contribution in [0.15, 0.2) is 24.3 Å². The highest BCUT2D eigenvalue weighted by atomic mass is 15.3. The van der Waals surface area contributed by atoms with E-state index in [1.54, 1.807) is 0 Å². The molecule has 0 amide bonds. The summed E-state index contributed by atoms with van der Waals surface area (Å²) in [7, 11) is 1.95. The molecule has 17 heavy (non-hydrogen) atoms. The van der Waals surface area contributed by atoms with Gasteiger partial charge >= 0.3 is 0 Å². The van der Waals surface area contributed by atoms with Gasteiger partial charge in [-0.3, -0.25) is 9.78 Å². The molecular formula is C12H13N5. The number of H-pyrrole nitrogens is 1. The van der Waals surface area contributed by atoms with Gasteiger partial charge in [-0.05, 0) is 19.1 Å². The maximum Gasteiger partial charge on any atom is 0.145 e. The molecule has 0 atom stereocenters. The van der Waals surface area contributed by atoms with Gasteiger partial charge in [-0.25, -0.2) is 0 Å². The first-order valence-electron chi connectivity index (χ1n) is 5.40. The van der Waals surface area contributed by atoms with Gasteiger partial charge in [0.15, 0.2) is 0 Å². The third kappa shape index (κ3) is 1.47. The third-order valence-corrected chi connectivity index (χ3v) is 2.94. The van der Waals surface area contributed by atoms with Gasteiger partial charge in [0, 0.05) is 24.1 Å². The topological polar surface area (TPSA) is 72.5 Å². The SMILES string of the molecule is Cc1nn(C)c2ccc(-c3cc(N)n[nH]3)cc12. The number of fused-ring (bicyclic) bond motifs is 1. The molecule has 0 aliphatic carbocycles. The summed E-state index contributed by atoms with van der Waals surface area (Å²) in [6.07, 6.45) is 0. The van der Waals surface area contributed by atoms with Crippen LogP contribution in [0.3, 0.4) is 0 Å². The van der Waals surface area contributed by atoms with E-state index in [2.05, 4.69) is 27.4 Å². The summed E-state index contributed by atoms with van der Waals surface area (Å²) in [6, 6.07) is 8.02. The van der Waals surface area contributed by atoms with Crippen molar-refractivity contribution in [2.75, 3.05) is 5.73 Å². The van der Waals surface area contributed by atoms with Crippen LogP contribution >= 0.6 is 0 Å². The maximum absolute atomic E-state index is 5.60. The van der Waals surface area contributed by atoms with Crippen LogP contribution in [0.5, 0.6) is 0 Å². The van der Waals surface area contributed by atoms with Gasteiger partial charge in [0.05, 0.1) is 16.9 Å². The van der Waals surface area contributed by atoms with E-state index < -0.39 is 0 Å².